The Morgan fingerprint density at radius 1 is 1.40 bits per heavy atom. The zero-order valence-corrected chi connectivity index (χ0v) is 9.42. The Kier molecular flexibility index (Phi) is 2.34. The van der Waals surface area contributed by atoms with Crippen LogP contribution in [-0.2, 0) is 10.0 Å². The van der Waals surface area contributed by atoms with Gasteiger partial charge in [0.2, 0.25) is 10.0 Å². The molecular formula is C10H14N2O2S. The highest BCUT2D eigenvalue weighted by atomic mass is 32.2. The molecule has 0 bridgehead atoms. The number of nitrogens with two attached hydrogens (primary N) is 1. The zero-order chi connectivity index (χ0) is 11.1. The lowest BCUT2D eigenvalue weighted by Crippen LogP contribution is -2.26. The van der Waals surface area contributed by atoms with E-state index in [0.717, 1.165) is 5.56 Å². The highest BCUT2D eigenvalue weighted by molar-refractivity contribution is 7.93. The second-order valence-corrected chi connectivity index (χ2v) is 5.82. The molecule has 0 saturated carbocycles. The number of benzene rings is 1. The first-order valence-electron chi connectivity index (χ1n) is 4.87. The van der Waals surface area contributed by atoms with E-state index in [1.807, 2.05) is 19.1 Å². The SMILES string of the molecule is Cc1ccc(N)c(N2CCCS2(=O)=O)c1. The summed E-state index contributed by atoms with van der Waals surface area (Å²) in [6.07, 6.45) is 0.676. The van der Waals surface area contributed by atoms with Crippen molar-refractivity contribution in [1.82, 2.24) is 0 Å². The molecule has 2 rings (SSSR count). The van der Waals surface area contributed by atoms with Crippen LogP contribution in [0.15, 0.2) is 18.2 Å². The molecule has 1 aromatic carbocycles. The molecule has 82 valence electrons. The summed E-state index contributed by atoms with van der Waals surface area (Å²) in [5.41, 5.74) is 7.94. The lowest BCUT2D eigenvalue weighted by molar-refractivity contribution is 0.599. The van der Waals surface area contributed by atoms with Gasteiger partial charge in [-0.1, -0.05) is 6.07 Å². The Balaban J connectivity index is 2.50. The molecule has 5 heteroatoms. The van der Waals surface area contributed by atoms with Crippen molar-refractivity contribution in [3.8, 4) is 0 Å². The van der Waals surface area contributed by atoms with E-state index in [4.69, 9.17) is 5.73 Å². The van der Waals surface area contributed by atoms with Crippen molar-refractivity contribution in [3.05, 3.63) is 23.8 Å². The summed E-state index contributed by atoms with van der Waals surface area (Å²) in [5, 5.41) is 0. The predicted molar refractivity (Wildman–Crippen MR) is 61.3 cm³/mol. The van der Waals surface area contributed by atoms with Gasteiger partial charge < -0.3 is 5.73 Å². The quantitative estimate of drug-likeness (QED) is 0.730. The van der Waals surface area contributed by atoms with Gasteiger partial charge in [0, 0.05) is 6.54 Å². The van der Waals surface area contributed by atoms with E-state index >= 15 is 0 Å². The first kappa shape index (κ1) is 10.3. The van der Waals surface area contributed by atoms with E-state index < -0.39 is 10.0 Å². The number of rotatable bonds is 1. The molecule has 4 nitrogen and oxygen atoms in total. The van der Waals surface area contributed by atoms with E-state index in [2.05, 4.69) is 0 Å². The van der Waals surface area contributed by atoms with Crippen LogP contribution >= 0.6 is 0 Å². The molecule has 2 N–H and O–H groups in total. The Hall–Kier alpha value is -1.23. The minimum Gasteiger partial charge on any atom is -0.397 e. The smallest absolute Gasteiger partial charge is 0.235 e. The molecule has 0 unspecified atom stereocenters. The normalized spacial score (nSPS) is 19.4. The summed E-state index contributed by atoms with van der Waals surface area (Å²) in [4.78, 5) is 0. The predicted octanol–water partition coefficient (Wildman–Crippen LogP) is 1.12. The molecule has 1 aliphatic rings. The van der Waals surface area contributed by atoms with Gasteiger partial charge in [0.1, 0.15) is 0 Å². The highest BCUT2D eigenvalue weighted by Crippen LogP contribution is 2.30. The Bertz CT molecular complexity index is 482. The van der Waals surface area contributed by atoms with E-state index in [9.17, 15) is 8.42 Å². The lowest BCUT2D eigenvalue weighted by atomic mass is 10.2. The third-order valence-electron chi connectivity index (χ3n) is 2.55. The third kappa shape index (κ3) is 1.79. The summed E-state index contributed by atoms with van der Waals surface area (Å²) >= 11 is 0. The molecular weight excluding hydrogens is 212 g/mol. The molecule has 0 atom stereocenters. The average molecular weight is 226 g/mol. The van der Waals surface area contributed by atoms with Gasteiger partial charge in [-0.3, -0.25) is 4.31 Å². The van der Waals surface area contributed by atoms with E-state index in [0.29, 0.717) is 24.3 Å². The molecule has 1 fully saturated rings. The van der Waals surface area contributed by atoms with Gasteiger partial charge in [0.25, 0.3) is 0 Å². The molecule has 1 aliphatic heterocycles. The van der Waals surface area contributed by atoms with Crippen LogP contribution in [0.2, 0.25) is 0 Å². The molecule has 0 spiro atoms. The van der Waals surface area contributed by atoms with Crippen molar-refractivity contribution in [2.75, 3.05) is 22.3 Å². The maximum Gasteiger partial charge on any atom is 0.235 e. The molecule has 0 amide bonds. The van der Waals surface area contributed by atoms with Crippen LogP contribution in [0.4, 0.5) is 11.4 Å². The second kappa shape index (κ2) is 3.41. The van der Waals surface area contributed by atoms with Gasteiger partial charge in [-0.2, -0.15) is 0 Å². The van der Waals surface area contributed by atoms with Crippen molar-refractivity contribution >= 4 is 21.4 Å². The average Bonchev–Trinajstić information content (AvgIpc) is 2.50. The van der Waals surface area contributed by atoms with Crippen molar-refractivity contribution in [2.24, 2.45) is 0 Å². The summed E-state index contributed by atoms with van der Waals surface area (Å²) in [6.45, 7) is 2.46. The number of nitrogens with zero attached hydrogens (tertiary/aromatic N) is 1. The third-order valence-corrected chi connectivity index (χ3v) is 4.41. The first-order chi connectivity index (χ1) is 7.00. The number of sulfonamides is 1. The van der Waals surface area contributed by atoms with E-state index in [-0.39, 0.29) is 5.75 Å². The van der Waals surface area contributed by atoms with Gasteiger partial charge in [-0.25, -0.2) is 8.42 Å². The van der Waals surface area contributed by atoms with Crippen molar-refractivity contribution in [3.63, 3.8) is 0 Å². The number of aryl methyl sites for hydroxylation is 1. The van der Waals surface area contributed by atoms with Gasteiger partial charge in [0.05, 0.1) is 17.1 Å². The van der Waals surface area contributed by atoms with Crippen LogP contribution in [0.3, 0.4) is 0 Å². The zero-order valence-electron chi connectivity index (χ0n) is 8.60. The minimum atomic E-state index is -3.13. The van der Waals surface area contributed by atoms with E-state index in [1.54, 1.807) is 6.07 Å². The fraction of sp³-hybridized carbons (Fsp3) is 0.400. The van der Waals surface area contributed by atoms with Gasteiger partial charge >= 0.3 is 0 Å². The maximum atomic E-state index is 11.7. The Morgan fingerprint density at radius 3 is 2.73 bits per heavy atom. The van der Waals surface area contributed by atoms with Crippen molar-refractivity contribution < 1.29 is 8.42 Å². The summed E-state index contributed by atoms with van der Waals surface area (Å²) in [7, 11) is -3.13. The Labute approximate surface area is 89.7 Å². The van der Waals surface area contributed by atoms with Crippen molar-refractivity contribution in [1.29, 1.82) is 0 Å². The van der Waals surface area contributed by atoms with Crippen LogP contribution in [-0.4, -0.2) is 20.7 Å². The van der Waals surface area contributed by atoms with Crippen LogP contribution in [0.5, 0.6) is 0 Å². The molecule has 0 aromatic heterocycles. The summed E-state index contributed by atoms with van der Waals surface area (Å²) in [6, 6.07) is 5.44. The maximum absolute atomic E-state index is 11.7. The van der Waals surface area contributed by atoms with Crippen LogP contribution in [0.25, 0.3) is 0 Å². The number of hydrogen-bond donors (Lipinski definition) is 1. The fourth-order valence-corrected chi connectivity index (χ4v) is 3.36. The van der Waals surface area contributed by atoms with E-state index in [1.165, 1.54) is 4.31 Å². The molecule has 0 radical (unpaired) electrons. The van der Waals surface area contributed by atoms with Crippen molar-refractivity contribution in [2.45, 2.75) is 13.3 Å². The second-order valence-electron chi connectivity index (χ2n) is 3.80. The van der Waals surface area contributed by atoms with Crippen LogP contribution in [0.1, 0.15) is 12.0 Å². The van der Waals surface area contributed by atoms with Crippen LogP contribution < -0.4 is 10.0 Å². The lowest BCUT2D eigenvalue weighted by Gasteiger charge is -2.19. The van der Waals surface area contributed by atoms with Gasteiger partial charge in [-0.05, 0) is 31.0 Å². The van der Waals surface area contributed by atoms with Crippen LogP contribution in [0, 0.1) is 6.92 Å². The largest absolute Gasteiger partial charge is 0.397 e. The monoisotopic (exact) mass is 226 g/mol. The number of hydrogen-bond acceptors (Lipinski definition) is 3. The standard InChI is InChI=1S/C10H14N2O2S/c1-8-3-4-9(11)10(7-8)12-5-2-6-15(12,13)14/h3-4,7H,2,5-6,11H2,1H3. The van der Waals surface area contributed by atoms with Gasteiger partial charge in [-0.15, -0.1) is 0 Å². The van der Waals surface area contributed by atoms with Gasteiger partial charge in [0.15, 0.2) is 0 Å². The number of nitrogen functional groups attached to an aromatic ring is 1. The molecule has 1 aromatic rings. The first-order valence-corrected chi connectivity index (χ1v) is 6.48. The molecule has 1 heterocycles. The number of anilines is 2. The molecule has 1 saturated heterocycles. The minimum absolute atomic E-state index is 0.223. The molecule has 0 aliphatic carbocycles. The molecule has 15 heavy (non-hydrogen) atoms. The summed E-state index contributed by atoms with van der Waals surface area (Å²) < 4.78 is 24.8. The fourth-order valence-electron chi connectivity index (χ4n) is 1.78. The Morgan fingerprint density at radius 2 is 2.13 bits per heavy atom. The highest BCUT2D eigenvalue weighted by Gasteiger charge is 2.29. The summed E-state index contributed by atoms with van der Waals surface area (Å²) in [5.74, 6) is 0.223. The topological polar surface area (TPSA) is 63.4 Å².